The van der Waals surface area contributed by atoms with E-state index in [2.05, 4.69) is 10.4 Å². The van der Waals surface area contributed by atoms with E-state index in [0.717, 1.165) is 35.6 Å². The molecule has 1 N–H and O–H groups in total. The van der Waals surface area contributed by atoms with E-state index < -0.39 is 0 Å². The maximum absolute atomic E-state index is 12.6. The van der Waals surface area contributed by atoms with Crippen molar-refractivity contribution >= 4 is 11.6 Å². The molecule has 4 nitrogen and oxygen atoms in total. The van der Waals surface area contributed by atoms with Gasteiger partial charge in [-0.3, -0.25) is 4.79 Å². The Morgan fingerprint density at radius 1 is 1.09 bits per heavy atom. The number of nitrogens with one attached hydrogen (secondary N) is 1. The summed E-state index contributed by atoms with van der Waals surface area (Å²) in [4.78, 5) is 12.6. The fourth-order valence-electron chi connectivity index (χ4n) is 3.41. The van der Waals surface area contributed by atoms with Crippen molar-refractivity contribution in [3.8, 4) is 5.69 Å². The van der Waals surface area contributed by atoms with Gasteiger partial charge in [-0.25, -0.2) is 4.68 Å². The third kappa shape index (κ3) is 3.46. The second-order valence-electron chi connectivity index (χ2n) is 6.47. The number of aryl methyl sites for hydroxylation is 1. The molecule has 0 spiro atoms. The molecule has 1 heterocycles. The SMILES string of the molecule is Cc1nn(-c2ccccc2)c(C)c1NC(=O)C1CCCCCC1. The van der Waals surface area contributed by atoms with E-state index in [4.69, 9.17) is 0 Å². The Labute approximate surface area is 137 Å². The Morgan fingerprint density at radius 3 is 2.39 bits per heavy atom. The molecule has 1 saturated carbocycles. The molecule has 122 valence electrons. The van der Waals surface area contributed by atoms with Gasteiger partial charge in [0.05, 0.1) is 22.8 Å². The summed E-state index contributed by atoms with van der Waals surface area (Å²) in [7, 11) is 0. The van der Waals surface area contributed by atoms with Crippen LogP contribution in [0.4, 0.5) is 5.69 Å². The van der Waals surface area contributed by atoms with E-state index >= 15 is 0 Å². The molecule has 1 fully saturated rings. The summed E-state index contributed by atoms with van der Waals surface area (Å²) >= 11 is 0. The number of hydrogen-bond donors (Lipinski definition) is 1. The predicted molar refractivity (Wildman–Crippen MR) is 92.9 cm³/mol. The van der Waals surface area contributed by atoms with Crippen LogP contribution < -0.4 is 5.32 Å². The molecule has 0 bridgehead atoms. The fourth-order valence-corrected chi connectivity index (χ4v) is 3.41. The molecule has 1 aliphatic rings. The molecule has 1 amide bonds. The third-order valence-electron chi connectivity index (χ3n) is 4.77. The van der Waals surface area contributed by atoms with Gasteiger partial charge in [-0.2, -0.15) is 5.10 Å². The number of rotatable bonds is 3. The molecule has 0 unspecified atom stereocenters. The van der Waals surface area contributed by atoms with Crippen molar-refractivity contribution in [1.29, 1.82) is 0 Å². The van der Waals surface area contributed by atoms with Crippen molar-refractivity contribution in [3.63, 3.8) is 0 Å². The molecule has 3 rings (SSSR count). The standard InChI is InChI=1S/C19H25N3O/c1-14-18(20-19(23)16-10-6-3-4-7-11-16)15(2)22(21-14)17-12-8-5-9-13-17/h5,8-9,12-13,16H,3-4,6-7,10-11H2,1-2H3,(H,20,23). The predicted octanol–water partition coefficient (Wildman–Crippen LogP) is 4.40. The molecule has 1 aliphatic carbocycles. The lowest BCUT2D eigenvalue weighted by atomic mass is 9.99. The highest BCUT2D eigenvalue weighted by Crippen LogP contribution is 2.27. The summed E-state index contributed by atoms with van der Waals surface area (Å²) in [6, 6.07) is 10.0. The minimum Gasteiger partial charge on any atom is -0.323 e. The first-order valence-electron chi connectivity index (χ1n) is 8.59. The summed E-state index contributed by atoms with van der Waals surface area (Å²) in [6.07, 6.45) is 6.87. The zero-order valence-electron chi connectivity index (χ0n) is 14.0. The molecule has 1 aromatic carbocycles. The van der Waals surface area contributed by atoms with Crippen LogP contribution in [0.25, 0.3) is 5.69 Å². The summed E-state index contributed by atoms with van der Waals surface area (Å²) in [6.45, 7) is 3.96. The Balaban J connectivity index is 1.80. The molecule has 23 heavy (non-hydrogen) atoms. The normalized spacial score (nSPS) is 16.1. The van der Waals surface area contributed by atoms with Crippen LogP contribution in [0.15, 0.2) is 30.3 Å². The second-order valence-corrected chi connectivity index (χ2v) is 6.47. The molecule has 2 aromatic rings. The van der Waals surface area contributed by atoms with E-state index in [1.54, 1.807) is 0 Å². The van der Waals surface area contributed by atoms with Crippen molar-refractivity contribution in [3.05, 3.63) is 41.7 Å². The van der Waals surface area contributed by atoms with Gasteiger partial charge in [-0.15, -0.1) is 0 Å². The molecule has 0 radical (unpaired) electrons. The molecule has 0 atom stereocenters. The van der Waals surface area contributed by atoms with Gasteiger partial charge >= 0.3 is 0 Å². The first kappa shape index (κ1) is 15.8. The number of carbonyl (C=O) groups is 1. The molecule has 0 aliphatic heterocycles. The Kier molecular flexibility index (Phi) is 4.79. The maximum atomic E-state index is 12.6. The fraction of sp³-hybridized carbons (Fsp3) is 0.474. The quantitative estimate of drug-likeness (QED) is 0.854. The minimum absolute atomic E-state index is 0.149. The average Bonchev–Trinajstić information content (AvgIpc) is 2.78. The van der Waals surface area contributed by atoms with E-state index in [1.165, 1.54) is 25.7 Å². The molecule has 1 aromatic heterocycles. The van der Waals surface area contributed by atoms with Crippen LogP contribution >= 0.6 is 0 Å². The largest absolute Gasteiger partial charge is 0.323 e. The van der Waals surface area contributed by atoms with E-state index in [9.17, 15) is 4.79 Å². The molecule has 0 saturated heterocycles. The highest BCUT2D eigenvalue weighted by molar-refractivity contribution is 5.93. The molecular formula is C19H25N3O. The molecular weight excluding hydrogens is 286 g/mol. The lowest BCUT2D eigenvalue weighted by Crippen LogP contribution is -2.23. The van der Waals surface area contributed by atoms with Crippen molar-refractivity contribution in [1.82, 2.24) is 9.78 Å². The van der Waals surface area contributed by atoms with Crippen molar-refractivity contribution in [2.75, 3.05) is 5.32 Å². The van der Waals surface area contributed by atoms with Crippen molar-refractivity contribution in [2.45, 2.75) is 52.4 Å². The van der Waals surface area contributed by atoms with Crippen LogP contribution in [0.3, 0.4) is 0 Å². The number of benzene rings is 1. The number of aromatic nitrogens is 2. The number of carbonyl (C=O) groups excluding carboxylic acids is 1. The van der Waals surface area contributed by atoms with Gasteiger partial charge in [-0.05, 0) is 38.8 Å². The first-order valence-corrected chi connectivity index (χ1v) is 8.59. The van der Waals surface area contributed by atoms with Crippen LogP contribution in [0.1, 0.15) is 49.9 Å². The number of anilines is 1. The van der Waals surface area contributed by atoms with Gasteiger partial charge in [0.25, 0.3) is 0 Å². The van der Waals surface area contributed by atoms with Crippen LogP contribution in [0, 0.1) is 19.8 Å². The lowest BCUT2D eigenvalue weighted by Gasteiger charge is -2.14. The average molecular weight is 311 g/mol. The highest BCUT2D eigenvalue weighted by atomic mass is 16.1. The van der Waals surface area contributed by atoms with Crippen molar-refractivity contribution in [2.24, 2.45) is 5.92 Å². The van der Waals surface area contributed by atoms with Gasteiger partial charge < -0.3 is 5.32 Å². The van der Waals surface area contributed by atoms with Gasteiger partial charge in [-0.1, -0.05) is 43.9 Å². The lowest BCUT2D eigenvalue weighted by molar-refractivity contribution is -0.120. The zero-order valence-corrected chi connectivity index (χ0v) is 14.0. The van der Waals surface area contributed by atoms with Gasteiger partial charge in [0.1, 0.15) is 0 Å². The summed E-state index contributed by atoms with van der Waals surface area (Å²) < 4.78 is 1.90. The van der Waals surface area contributed by atoms with E-state index in [-0.39, 0.29) is 11.8 Å². The van der Waals surface area contributed by atoms with E-state index in [1.807, 2.05) is 48.9 Å². The maximum Gasteiger partial charge on any atom is 0.227 e. The Hall–Kier alpha value is -2.10. The van der Waals surface area contributed by atoms with Gasteiger partial charge in [0, 0.05) is 5.92 Å². The second kappa shape index (κ2) is 6.99. The van der Waals surface area contributed by atoms with Crippen LogP contribution in [0.2, 0.25) is 0 Å². The number of nitrogens with zero attached hydrogens (tertiary/aromatic N) is 2. The zero-order chi connectivity index (χ0) is 16.2. The van der Waals surface area contributed by atoms with Crippen LogP contribution in [-0.2, 0) is 4.79 Å². The summed E-state index contributed by atoms with van der Waals surface area (Å²) in [5, 5.41) is 7.74. The summed E-state index contributed by atoms with van der Waals surface area (Å²) in [5.41, 5.74) is 3.73. The minimum atomic E-state index is 0.149. The van der Waals surface area contributed by atoms with Gasteiger partial charge in [0.15, 0.2) is 0 Å². The van der Waals surface area contributed by atoms with Crippen molar-refractivity contribution < 1.29 is 4.79 Å². The smallest absolute Gasteiger partial charge is 0.227 e. The van der Waals surface area contributed by atoms with Crippen LogP contribution in [0.5, 0.6) is 0 Å². The topological polar surface area (TPSA) is 46.9 Å². The Bertz CT molecular complexity index is 667. The summed E-state index contributed by atoms with van der Waals surface area (Å²) in [5.74, 6) is 0.307. The van der Waals surface area contributed by atoms with E-state index in [0.29, 0.717) is 0 Å². The van der Waals surface area contributed by atoms with Crippen LogP contribution in [-0.4, -0.2) is 15.7 Å². The Morgan fingerprint density at radius 2 is 1.74 bits per heavy atom. The first-order chi connectivity index (χ1) is 11.2. The van der Waals surface area contributed by atoms with Gasteiger partial charge in [0.2, 0.25) is 5.91 Å². The highest BCUT2D eigenvalue weighted by Gasteiger charge is 2.22. The monoisotopic (exact) mass is 311 g/mol. The third-order valence-corrected chi connectivity index (χ3v) is 4.77. The number of para-hydroxylation sites is 1. The molecule has 4 heteroatoms. The number of amides is 1. The number of hydrogen-bond acceptors (Lipinski definition) is 2.